The van der Waals surface area contributed by atoms with Gasteiger partial charge >= 0.3 is 6.01 Å². The summed E-state index contributed by atoms with van der Waals surface area (Å²) in [5.74, 6) is 0.311. The Morgan fingerprint density at radius 2 is 2.30 bits per heavy atom. The number of ether oxygens (including phenoxy) is 1. The van der Waals surface area contributed by atoms with Crippen molar-refractivity contribution < 1.29 is 14.2 Å². The molecule has 106 valence electrons. The van der Waals surface area contributed by atoms with Crippen molar-refractivity contribution in [1.82, 2.24) is 10.1 Å². The van der Waals surface area contributed by atoms with Crippen LogP contribution in [0.5, 0.6) is 0 Å². The number of rotatable bonds is 6. The monoisotopic (exact) mass is 278 g/mol. The summed E-state index contributed by atoms with van der Waals surface area (Å²) in [6.07, 6.45) is 0. The van der Waals surface area contributed by atoms with Crippen molar-refractivity contribution in [2.24, 2.45) is 0 Å². The van der Waals surface area contributed by atoms with Crippen LogP contribution in [0.15, 0.2) is 22.7 Å². The van der Waals surface area contributed by atoms with Crippen molar-refractivity contribution in [1.29, 1.82) is 0 Å². The summed E-state index contributed by atoms with van der Waals surface area (Å²) in [5, 5.41) is 17.5. The summed E-state index contributed by atoms with van der Waals surface area (Å²) in [5.41, 5.74) is 1.40. The fourth-order valence-corrected chi connectivity index (χ4v) is 1.63. The molecule has 0 saturated heterocycles. The van der Waals surface area contributed by atoms with E-state index in [0.717, 1.165) is 5.56 Å². The van der Waals surface area contributed by atoms with E-state index in [2.05, 4.69) is 15.5 Å². The smallest absolute Gasteiger partial charge is 0.321 e. The molecule has 0 aliphatic rings. The predicted molar refractivity (Wildman–Crippen MR) is 71.5 cm³/mol. The van der Waals surface area contributed by atoms with E-state index in [0.29, 0.717) is 24.5 Å². The van der Waals surface area contributed by atoms with Gasteiger partial charge in [0.1, 0.15) is 0 Å². The minimum atomic E-state index is -0.458. The van der Waals surface area contributed by atoms with Crippen LogP contribution in [0.4, 0.5) is 11.7 Å². The minimum Gasteiger partial charge on any atom is -0.383 e. The molecule has 20 heavy (non-hydrogen) atoms. The van der Waals surface area contributed by atoms with Crippen LogP contribution in [0, 0.1) is 17.0 Å². The van der Waals surface area contributed by atoms with Gasteiger partial charge in [0.05, 0.1) is 11.5 Å². The number of hydrogen-bond acceptors (Lipinski definition) is 7. The van der Waals surface area contributed by atoms with E-state index in [1.807, 2.05) is 6.92 Å². The third-order valence-corrected chi connectivity index (χ3v) is 2.68. The minimum absolute atomic E-state index is 0.00991. The van der Waals surface area contributed by atoms with Crippen LogP contribution in [-0.4, -0.2) is 35.3 Å². The van der Waals surface area contributed by atoms with Crippen molar-refractivity contribution in [2.45, 2.75) is 6.92 Å². The number of nitrogens with zero attached hydrogens (tertiary/aromatic N) is 3. The highest BCUT2D eigenvalue weighted by molar-refractivity contribution is 5.64. The second kappa shape index (κ2) is 6.11. The Bertz CT molecular complexity index is 611. The topological polar surface area (TPSA) is 103 Å². The molecular weight excluding hydrogens is 264 g/mol. The standard InChI is InChI=1S/C12H14N4O4/c1-8-3-4-9(16(17)18)7-10(8)11-14-12(20-15-11)13-5-6-19-2/h3-4,7H,5-6H2,1-2H3,(H,13,14,15). The van der Waals surface area contributed by atoms with Gasteiger partial charge in [-0.3, -0.25) is 10.1 Å². The predicted octanol–water partition coefficient (Wildman–Crippen LogP) is 2.01. The Hall–Kier alpha value is -2.48. The summed E-state index contributed by atoms with van der Waals surface area (Å²) in [6.45, 7) is 2.87. The number of benzene rings is 1. The molecule has 0 aliphatic heterocycles. The van der Waals surface area contributed by atoms with Crippen molar-refractivity contribution in [3.63, 3.8) is 0 Å². The number of aromatic nitrogens is 2. The number of nitro benzene ring substituents is 1. The number of hydrogen-bond donors (Lipinski definition) is 1. The average molecular weight is 278 g/mol. The molecule has 0 radical (unpaired) electrons. The molecule has 0 amide bonds. The van der Waals surface area contributed by atoms with Crippen molar-refractivity contribution in [3.8, 4) is 11.4 Å². The van der Waals surface area contributed by atoms with Gasteiger partial charge in [-0.05, 0) is 12.5 Å². The van der Waals surface area contributed by atoms with Crippen molar-refractivity contribution >= 4 is 11.7 Å². The van der Waals surface area contributed by atoms with E-state index in [1.54, 1.807) is 13.2 Å². The largest absolute Gasteiger partial charge is 0.383 e. The average Bonchev–Trinajstić information content (AvgIpc) is 2.88. The fraction of sp³-hybridized carbons (Fsp3) is 0.333. The summed E-state index contributed by atoms with van der Waals surface area (Å²) >= 11 is 0. The highest BCUT2D eigenvalue weighted by Gasteiger charge is 2.15. The first kappa shape index (κ1) is 13.9. The molecule has 0 bridgehead atoms. The van der Waals surface area contributed by atoms with Gasteiger partial charge in [0.2, 0.25) is 5.82 Å². The summed E-state index contributed by atoms with van der Waals surface area (Å²) in [7, 11) is 1.59. The van der Waals surface area contributed by atoms with E-state index in [9.17, 15) is 10.1 Å². The summed E-state index contributed by atoms with van der Waals surface area (Å²) in [6, 6.07) is 4.78. The number of nitrogens with one attached hydrogen (secondary N) is 1. The van der Waals surface area contributed by atoms with Gasteiger partial charge in [0.25, 0.3) is 5.69 Å². The second-order valence-electron chi connectivity index (χ2n) is 4.10. The number of nitro groups is 1. The highest BCUT2D eigenvalue weighted by Crippen LogP contribution is 2.26. The quantitative estimate of drug-likeness (QED) is 0.489. The number of methoxy groups -OCH3 is 1. The van der Waals surface area contributed by atoms with E-state index in [4.69, 9.17) is 9.26 Å². The molecule has 0 unspecified atom stereocenters. The molecule has 2 aromatic rings. The molecule has 0 spiro atoms. The Labute approximate surface area is 114 Å². The molecule has 0 atom stereocenters. The molecule has 8 nitrogen and oxygen atoms in total. The molecule has 1 aromatic carbocycles. The van der Waals surface area contributed by atoms with Gasteiger partial charge in [0.15, 0.2) is 0 Å². The Kier molecular flexibility index (Phi) is 4.26. The van der Waals surface area contributed by atoms with Gasteiger partial charge in [-0.1, -0.05) is 11.2 Å². The first-order chi connectivity index (χ1) is 9.61. The summed E-state index contributed by atoms with van der Waals surface area (Å²) in [4.78, 5) is 14.5. The first-order valence-electron chi connectivity index (χ1n) is 5.93. The van der Waals surface area contributed by atoms with Crippen LogP contribution in [0.25, 0.3) is 11.4 Å². The second-order valence-corrected chi connectivity index (χ2v) is 4.10. The van der Waals surface area contributed by atoms with Crippen LogP contribution in [-0.2, 0) is 4.74 Å². The van der Waals surface area contributed by atoms with Crippen molar-refractivity contribution in [3.05, 3.63) is 33.9 Å². The van der Waals surface area contributed by atoms with Gasteiger partial charge < -0.3 is 14.6 Å². The molecule has 1 heterocycles. The Balaban J connectivity index is 2.23. The van der Waals surface area contributed by atoms with E-state index < -0.39 is 4.92 Å². The van der Waals surface area contributed by atoms with E-state index in [1.165, 1.54) is 12.1 Å². The van der Waals surface area contributed by atoms with Crippen LogP contribution in [0.1, 0.15) is 5.56 Å². The number of non-ortho nitro benzene ring substituents is 1. The molecule has 0 aliphatic carbocycles. The molecule has 2 rings (SSSR count). The lowest BCUT2D eigenvalue weighted by atomic mass is 10.1. The third kappa shape index (κ3) is 3.09. The van der Waals surface area contributed by atoms with Gasteiger partial charge in [-0.15, -0.1) is 0 Å². The molecule has 8 heteroatoms. The molecule has 1 aromatic heterocycles. The number of aryl methyl sites for hydroxylation is 1. The first-order valence-corrected chi connectivity index (χ1v) is 5.93. The highest BCUT2D eigenvalue weighted by atomic mass is 16.6. The zero-order valence-electron chi connectivity index (χ0n) is 11.1. The van der Waals surface area contributed by atoms with E-state index in [-0.39, 0.29) is 11.7 Å². The molecule has 0 fully saturated rings. The lowest BCUT2D eigenvalue weighted by molar-refractivity contribution is -0.384. The maximum Gasteiger partial charge on any atom is 0.321 e. The molecule has 1 N–H and O–H groups in total. The van der Waals surface area contributed by atoms with Crippen molar-refractivity contribution in [2.75, 3.05) is 25.6 Å². The molecular formula is C12H14N4O4. The normalized spacial score (nSPS) is 10.5. The third-order valence-electron chi connectivity index (χ3n) is 2.68. The SMILES string of the molecule is COCCNc1nc(-c2cc([N+](=O)[O-])ccc2C)no1. The summed E-state index contributed by atoms with van der Waals surface area (Å²) < 4.78 is 9.91. The lowest BCUT2D eigenvalue weighted by Gasteiger charge is -2.00. The zero-order valence-corrected chi connectivity index (χ0v) is 11.1. The van der Waals surface area contributed by atoms with Crippen LogP contribution in [0.3, 0.4) is 0 Å². The van der Waals surface area contributed by atoms with Gasteiger partial charge in [-0.25, -0.2) is 0 Å². The zero-order chi connectivity index (χ0) is 14.5. The maximum atomic E-state index is 10.8. The van der Waals surface area contributed by atoms with Gasteiger partial charge in [0, 0.05) is 31.4 Å². The van der Waals surface area contributed by atoms with E-state index >= 15 is 0 Å². The molecule has 0 saturated carbocycles. The van der Waals surface area contributed by atoms with Crippen LogP contribution in [0.2, 0.25) is 0 Å². The Morgan fingerprint density at radius 3 is 3.00 bits per heavy atom. The lowest BCUT2D eigenvalue weighted by Crippen LogP contribution is -2.07. The Morgan fingerprint density at radius 1 is 1.50 bits per heavy atom. The fourth-order valence-electron chi connectivity index (χ4n) is 1.63. The maximum absolute atomic E-state index is 10.8. The van der Waals surface area contributed by atoms with Gasteiger partial charge in [-0.2, -0.15) is 4.98 Å². The van der Waals surface area contributed by atoms with Crippen LogP contribution < -0.4 is 5.32 Å². The number of anilines is 1. The van der Waals surface area contributed by atoms with Crippen LogP contribution >= 0.6 is 0 Å².